The summed E-state index contributed by atoms with van der Waals surface area (Å²) in [7, 11) is 1.98. The average molecular weight is 303 g/mol. The summed E-state index contributed by atoms with van der Waals surface area (Å²) in [5.41, 5.74) is 2.04. The Kier molecular flexibility index (Phi) is 4.24. The first-order chi connectivity index (χ1) is 10.6. The van der Waals surface area contributed by atoms with Crippen LogP contribution in [-0.4, -0.2) is 45.4 Å². The molecule has 0 bridgehead atoms. The van der Waals surface area contributed by atoms with Gasteiger partial charge in [0.2, 0.25) is 11.8 Å². The van der Waals surface area contributed by atoms with Gasteiger partial charge in [0.05, 0.1) is 12.2 Å². The van der Waals surface area contributed by atoms with Gasteiger partial charge in [0.15, 0.2) is 0 Å². The number of rotatable bonds is 4. The minimum atomic E-state index is -0.0601. The van der Waals surface area contributed by atoms with Crippen LogP contribution in [0.5, 0.6) is 0 Å². The van der Waals surface area contributed by atoms with Gasteiger partial charge in [0.25, 0.3) is 0 Å². The molecule has 7 heteroatoms. The number of nitrogens with zero attached hydrogens (tertiary/aromatic N) is 4. The van der Waals surface area contributed by atoms with E-state index in [2.05, 4.69) is 26.5 Å². The number of carbonyl (C=O) groups excluding carboxylic acids is 1. The van der Waals surface area contributed by atoms with Crippen LogP contribution in [0, 0.1) is 6.92 Å². The molecule has 0 aromatic carbocycles. The Morgan fingerprint density at radius 3 is 2.82 bits per heavy atom. The fourth-order valence-electron chi connectivity index (χ4n) is 2.97. The molecule has 2 aromatic rings. The second-order valence-electron chi connectivity index (χ2n) is 5.81. The Morgan fingerprint density at radius 2 is 2.23 bits per heavy atom. The Balaban J connectivity index is 1.47. The number of carbonyl (C=O) groups is 1. The van der Waals surface area contributed by atoms with E-state index in [1.54, 1.807) is 6.07 Å². The van der Waals surface area contributed by atoms with Gasteiger partial charge in [-0.25, -0.2) is 0 Å². The molecule has 1 amide bonds. The van der Waals surface area contributed by atoms with Gasteiger partial charge in [-0.05, 0) is 38.9 Å². The highest BCUT2D eigenvalue weighted by Gasteiger charge is 2.23. The van der Waals surface area contributed by atoms with Crippen LogP contribution in [0.2, 0.25) is 0 Å². The van der Waals surface area contributed by atoms with Crippen molar-refractivity contribution in [3.05, 3.63) is 29.7 Å². The van der Waals surface area contributed by atoms with Gasteiger partial charge in [0, 0.05) is 30.9 Å². The first kappa shape index (κ1) is 14.8. The van der Waals surface area contributed by atoms with E-state index in [4.69, 9.17) is 4.52 Å². The van der Waals surface area contributed by atoms with Crippen molar-refractivity contribution in [1.29, 1.82) is 0 Å². The van der Waals surface area contributed by atoms with Gasteiger partial charge in [0.1, 0.15) is 0 Å². The molecule has 1 fully saturated rings. The van der Waals surface area contributed by atoms with Crippen LogP contribution in [0.3, 0.4) is 0 Å². The Hall–Kier alpha value is -2.15. The van der Waals surface area contributed by atoms with Gasteiger partial charge in [-0.3, -0.25) is 19.7 Å². The van der Waals surface area contributed by atoms with Crippen LogP contribution in [0.1, 0.15) is 30.1 Å². The van der Waals surface area contributed by atoms with Crippen molar-refractivity contribution in [2.45, 2.75) is 25.7 Å². The minimum absolute atomic E-state index is 0.0601. The third-order valence-electron chi connectivity index (χ3n) is 4.12. The summed E-state index contributed by atoms with van der Waals surface area (Å²) in [6.45, 7) is 4.04. The van der Waals surface area contributed by atoms with Crippen LogP contribution in [0.4, 0.5) is 5.88 Å². The Labute approximate surface area is 129 Å². The molecule has 0 aliphatic carbocycles. The van der Waals surface area contributed by atoms with Crippen molar-refractivity contribution in [2.75, 3.05) is 25.0 Å². The number of likely N-dealkylation sites (tertiary alicyclic amines) is 1. The van der Waals surface area contributed by atoms with E-state index in [9.17, 15) is 4.79 Å². The molecule has 22 heavy (non-hydrogen) atoms. The second kappa shape index (κ2) is 6.31. The molecule has 3 heterocycles. The summed E-state index contributed by atoms with van der Waals surface area (Å²) in [4.78, 5) is 14.2. The van der Waals surface area contributed by atoms with Gasteiger partial charge < -0.3 is 4.52 Å². The molecule has 3 rings (SSSR count). The zero-order chi connectivity index (χ0) is 15.5. The maximum atomic E-state index is 12.0. The average Bonchev–Trinajstić information content (AvgIpc) is 3.08. The van der Waals surface area contributed by atoms with E-state index >= 15 is 0 Å². The summed E-state index contributed by atoms with van der Waals surface area (Å²) >= 11 is 0. The molecule has 1 N–H and O–H groups in total. The monoisotopic (exact) mass is 303 g/mol. The van der Waals surface area contributed by atoms with Crippen molar-refractivity contribution in [1.82, 2.24) is 19.8 Å². The van der Waals surface area contributed by atoms with E-state index in [1.165, 1.54) is 5.69 Å². The van der Waals surface area contributed by atoms with Gasteiger partial charge in [-0.15, -0.1) is 0 Å². The summed E-state index contributed by atoms with van der Waals surface area (Å²) in [5, 5.41) is 10.7. The predicted molar refractivity (Wildman–Crippen MR) is 81.5 cm³/mol. The highest BCUT2D eigenvalue weighted by Crippen LogP contribution is 2.27. The fourth-order valence-corrected chi connectivity index (χ4v) is 2.97. The highest BCUT2D eigenvalue weighted by atomic mass is 16.5. The fraction of sp³-hybridized carbons (Fsp3) is 0.533. The third kappa shape index (κ3) is 3.36. The van der Waals surface area contributed by atoms with Gasteiger partial charge in [-0.2, -0.15) is 5.10 Å². The van der Waals surface area contributed by atoms with Crippen LogP contribution in [0.25, 0.3) is 0 Å². The quantitative estimate of drug-likeness (QED) is 0.927. The molecule has 1 aliphatic rings. The Morgan fingerprint density at radius 1 is 1.45 bits per heavy atom. The number of piperidine rings is 1. The Bertz CT molecular complexity index is 640. The maximum Gasteiger partial charge on any atom is 0.240 e. The van der Waals surface area contributed by atoms with Gasteiger partial charge >= 0.3 is 0 Å². The molecule has 1 saturated heterocycles. The molecule has 0 unspecified atom stereocenters. The molecular formula is C15H21N5O2. The van der Waals surface area contributed by atoms with Crippen molar-refractivity contribution in [2.24, 2.45) is 7.05 Å². The normalized spacial score (nSPS) is 16.8. The lowest BCUT2D eigenvalue weighted by Crippen LogP contribution is -2.39. The maximum absolute atomic E-state index is 12.0. The number of nitrogens with one attached hydrogen (secondary N) is 1. The minimum Gasteiger partial charge on any atom is -0.338 e. The topological polar surface area (TPSA) is 76.2 Å². The van der Waals surface area contributed by atoms with Gasteiger partial charge in [-0.1, -0.05) is 5.16 Å². The number of aromatic nitrogens is 3. The first-order valence-corrected chi connectivity index (χ1v) is 7.55. The van der Waals surface area contributed by atoms with Crippen molar-refractivity contribution in [3.8, 4) is 0 Å². The van der Waals surface area contributed by atoms with Crippen LogP contribution in [0.15, 0.2) is 22.9 Å². The number of aryl methyl sites for hydroxylation is 2. The first-order valence-electron chi connectivity index (χ1n) is 7.55. The molecule has 0 radical (unpaired) electrons. The number of anilines is 1. The summed E-state index contributed by atoms with van der Waals surface area (Å²) < 4.78 is 6.94. The van der Waals surface area contributed by atoms with E-state index in [0.29, 0.717) is 18.3 Å². The van der Waals surface area contributed by atoms with Crippen LogP contribution in [-0.2, 0) is 11.8 Å². The number of hydrogen-bond donors (Lipinski definition) is 1. The molecule has 0 saturated carbocycles. The van der Waals surface area contributed by atoms with Crippen LogP contribution >= 0.6 is 0 Å². The van der Waals surface area contributed by atoms with Crippen LogP contribution < -0.4 is 5.32 Å². The molecule has 7 nitrogen and oxygen atoms in total. The molecule has 118 valence electrons. The van der Waals surface area contributed by atoms with E-state index in [0.717, 1.165) is 31.6 Å². The zero-order valence-corrected chi connectivity index (χ0v) is 13.0. The lowest BCUT2D eigenvalue weighted by molar-refractivity contribution is -0.117. The molecular weight excluding hydrogens is 282 g/mol. The molecule has 1 aliphatic heterocycles. The largest absolute Gasteiger partial charge is 0.338 e. The highest BCUT2D eigenvalue weighted by molar-refractivity contribution is 5.90. The SMILES string of the molecule is Cc1cc(NC(=O)CN2CCC(c3ccnn3C)CC2)on1. The molecule has 2 aromatic heterocycles. The van der Waals surface area contributed by atoms with E-state index in [1.807, 2.05) is 24.9 Å². The molecule has 0 atom stereocenters. The van der Waals surface area contributed by atoms with Crippen molar-refractivity contribution >= 4 is 11.8 Å². The van der Waals surface area contributed by atoms with E-state index in [-0.39, 0.29) is 5.91 Å². The van der Waals surface area contributed by atoms with Crippen molar-refractivity contribution in [3.63, 3.8) is 0 Å². The lowest BCUT2D eigenvalue weighted by atomic mass is 9.93. The summed E-state index contributed by atoms with van der Waals surface area (Å²) in [5.74, 6) is 0.881. The summed E-state index contributed by atoms with van der Waals surface area (Å²) in [6.07, 6.45) is 3.94. The smallest absolute Gasteiger partial charge is 0.240 e. The standard InChI is InChI=1S/C15H21N5O2/c1-11-9-15(22-18-11)17-14(21)10-20-7-4-12(5-8-20)13-3-6-16-19(13)2/h3,6,9,12H,4-5,7-8,10H2,1-2H3,(H,17,21). The number of amides is 1. The second-order valence-corrected chi connectivity index (χ2v) is 5.81. The van der Waals surface area contributed by atoms with Crippen molar-refractivity contribution < 1.29 is 9.32 Å². The molecule has 0 spiro atoms. The summed E-state index contributed by atoms with van der Waals surface area (Å²) in [6, 6.07) is 3.80. The number of hydrogen-bond acceptors (Lipinski definition) is 5. The zero-order valence-electron chi connectivity index (χ0n) is 13.0. The van der Waals surface area contributed by atoms with E-state index < -0.39 is 0 Å². The third-order valence-corrected chi connectivity index (χ3v) is 4.12. The lowest BCUT2D eigenvalue weighted by Gasteiger charge is -2.31. The predicted octanol–water partition coefficient (Wildman–Crippen LogP) is 1.53.